The summed E-state index contributed by atoms with van der Waals surface area (Å²) in [5, 5.41) is 9.80. The molecule has 1 heterocycles. The second-order valence-corrected chi connectivity index (χ2v) is 5.24. The van der Waals surface area contributed by atoms with Crippen LogP contribution in [0.15, 0.2) is 0 Å². The number of carbonyl (C=O) groups excluding carboxylic acids is 1. The van der Waals surface area contributed by atoms with Crippen molar-refractivity contribution >= 4 is 5.91 Å². The van der Waals surface area contributed by atoms with Crippen LogP contribution in [0.3, 0.4) is 0 Å². The van der Waals surface area contributed by atoms with E-state index in [4.69, 9.17) is 0 Å². The molecule has 1 saturated heterocycles. The van der Waals surface area contributed by atoms with Crippen LogP contribution >= 0.6 is 0 Å². The summed E-state index contributed by atoms with van der Waals surface area (Å²) in [7, 11) is 2.08. The van der Waals surface area contributed by atoms with Gasteiger partial charge in [-0.2, -0.15) is 0 Å². The summed E-state index contributed by atoms with van der Waals surface area (Å²) in [6, 6.07) is 0.228. The molecule has 0 aromatic rings. The average molecular weight is 228 g/mol. The Bertz CT molecular complexity index is 248. The van der Waals surface area contributed by atoms with Crippen molar-refractivity contribution in [3.05, 3.63) is 0 Å². The molecule has 1 N–H and O–H groups in total. The smallest absolute Gasteiger partial charge is 0.254 e. The minimum atomic E-state index is -1.25. The monoisotopic (exact) mass is 228 g/mol. The van der Waals surface area contributed by atoms with Crippen LogP contribution in [0.5, 0.6) is 0 Å². The van der Waals surface area contributed by atoms with E-state index in [1.165, 1.54) is 0 Å². The highest BCUT2D eigenvalue weighted by atomic mass is 16.3. The van der Waals surface area contributed by atoms with Crippen molar-refractivity contribution in [2.75, 3.05) is 26.7 Å². The van der Waals surface area contributed by atoms with E-state index < -0.39 is 5.60 Å². The summed E-state index contributed by atoms with van der Waals surface area (Å²) >= 11 is 0. The number of amides is 1. The van der Waals surface area contributed by atoms with Crippen molar-refractivity contribution in [3.63, 3.8) is 0 Å². The molecule has 1 unspecified atom stereocenters. The fourth-order valence-electron chi connectivity index (χ4n) is 2.21. The van der Waals surface area contributed by atoms with Gasteiger partial charge in [-0.1, -0.05) is 6.92 Å². The topological polar surface area (TPSA) is 43.8 Å². The summed E-state index contributed by atoms with van der Waals surface area (Å²) in [6.45, 7) is 7.90. The van der Waals surface area contributed by atoms with Gasteiger partial charge in [0.05, 0.1) is 0 Å². The number of hydrogen-bond donors (Lipinski definition) is 1. The Kier molecular flexibility index (Phi) is 4.33. The molecule has 94 valence electrons. The van der Waals surface area contributed by atoms with Crippen LogP contribution < -0.4 is 0 Å². The number of rotatable bonds is 2. The molecule has 1 aliphatic heterocycles. The van der Waals surface area contributed by atoms with Crippen LogP contribution in [0.25, 0.3) is 0 Å². The standard InChI is InChI=1S/C12H24N2O2/c1-5-10-9-13(4)7-6-8-14(10)11(15)12(2,3)16/h10,16H,5-9H2,1-4H3. The van der Waals surface area contributed by atoms with Crippen molar-refractivity contribution in [1.82, 2.24) is 9.80 Å². The van der Waals surface area contributed by atoms with Crippen LogP contribution in [0.1, 0.15) is 33.6 Å². The van der Waals surface area contributed by atoms with E-state index >= 15 is 0 Å². The van der Waals surface area contributed by atoms with Crippen molar-refractivity contribution < 1.29 is 9.90 Å². The number of likely N-dealkylation sites (N-methyl/N-ethyl adjacent to an activating group) is 1. The third-order valence-electron chi connectivity index (χ3n) is 3.16. The van der Waals surface area contributed by atoms with Crippen molar-refractivity contribution in [2.24, 2.45) is 0 Å². The maximum atomic E-state index is 12.1. The van der Waals surface area contributed by atoms with E-state index in [2.05, 4.69) is 18.9 Å². The number of nitrogens with zero attached hydrogens (tertiary/aromatic N) is 2. The molecule has 0 spiro atoms. The van der Waals surface area contributed by atoms with Crippen LogP contribution in [-0.4, -0.2) is 59.1 Å². The normalized spacial score (nSPS) is 24.3. The van der Waals surface area contributed by atoms with Gasteiger partial charge in [0.15, 0.2) is 0 Å². The van der Waals surface area contributed by atoms with E-state index in [-0.39, 0.29) is 11.9 Å². The first-order valence-corrected chi connectivity index (χ1v) is 6.08. The Labute approximate surface area is 98.2 Å². The predicted octanol–water partition coefficient (Wildman–Crippen LogP) is 0.700. The van der Waals surface area contributed by atoms with Crippen LogP contribution in [0.4, 0.5) is 0 Å². The van der Waals surface area contributed by atoms with E-state index in [0.717, 1.165) is 32.5 Å². The van der Waals surface area contributed by atoms with Gasteiger partial charge in [0.2, 0.25) is 0 Å². The zero-order valence-corrected chi connectivity index (χ0v) is 10.9. The van der Waals surface area contributed by atoms with Gasteiger partial charge in [0.1, 0.15) is 5.60 Å². The van der Waals surface area contributed by atoms with Gasteiger partial charge in [0.25, 0.3) is 5.91 Å². The van der Waals surface area contributed by atoms with Gasteiger partial charge in [-0.15, -0.1) is 0 Å². The SMILES string of the molecule is CCC1CN(C)CCCN1C(=O)C(C)(C)O. The molecule has 4 heteroatoms. The molecular formula is C12H24N2O2. The van der Waals surface area contributed by atoms with Crippen molar-refractivity contribution in [1.29, 1.82) is 0 Å². The van der Waals surface area contributed by atoms with Crippen LogP contribution in [0.2, 0.25) is 0 Å². The summed E-state index contributed by atoms with van der Waals surface area (Å²) < 4.78 is 0. The van der Waals surface area contributed by atoms with E-state index in [1.807, 2.05) is 4.90 Å². The maximum Gasteiger partial charge on any atom is 0.254 e. The van der Waals surface area contributed by atoms with Crippen molar-refractivity contribution in [3.8, 4) is 0 Å². The van der Waals surface area contributed by atoms with Crippen LogP contribution in [0, 0.1) is 0 Å². The molecule has 1 aliphatic rings. The molecule has 1 rings (SSSR count). The van der Waals surface area contributed by atoms with E-state index in [1.54, 1.807) is 13.8 Å². The number of aliphatic hydroxyl groups is 1. The lowest BCUT2D eigenvalue weighted by atomic mass is 10.1. The second kappa shape index (κ2) is 5.15. The fourth-order valence-corrected chi connectivity index (χ4v) is 2.21. The largest absolute Gasteiger partial charge is 0.381 e. The second-order valence-electron chi connectivity index (χ2n) is 5.24. The molecule has 0 aliphatic carbocycles. The van der Waals surface area contributed by atoms with Gasteiger partial charge in [-0.25, -0.2) is 0 Å². The fraction of sp³-hybridized carbons (Fsp3) is 0.917. The lowest BCUT2D eigenvalue weighted by Crippen LogP contribution is -2.51. The van der Waals surface area contributed by atoms with Gasteiger partial charge in [-0.05, 0) is 40.3 Å². The third-order valence-corrected chi connectivity index (χ3v) is 3.16. The molecule has 4 nitrogen and oxygen atoms in total. The lowest BCUT2D eigenvalue weighted by Gasteiger charge is -2.34. The van der Waals surface area contributed by atoms with E-state index in [0.29, 0.717) is 0 Å². The van der Waals surface area contributed by atoms with Gasteiger partial charge < -0.3 is 14.9 Å². The predicted molar refractivity (Wildman–Crippen MR) is 64.2 cm³/mol. The molecule has 1 fully saturated rings. The van der Waals surface area contributed by atoms with Crippen LogP contribution in [-0.2, 0) is 4.79 Å². The Morgan fingerprint density at radius 2 is 2.06 bits per heavy atom. The molecule has 1 amide bonds. The molecule has 0 saturated carbocycles. The minimum Gasteiger partial charge on any atom is -0.381 e. The quantitative estimate of drug-likeness (QED) is 0.756. The summed E-state index contributed by atoms with van der Waals surface area (Å²) in [6.07, 6.45) is 1.92. The molecule has 0 radical (unpaired) electrons. The maximum absolute atomic E-state index is 12.1. The Morgan fingerprint density at radius 1 is 1.44 bits per heavy atom. The Hall–Kier alpha value is -0.610. The first-order valence-electron chi connectivity index (χ1n) is 6.08. The highest BCUT2D eigenvalue weighted by molar-refractivity contribution is 5.84. The summed E-state index contributed by atoms with van der Waals surface area (Å²) in [4.78, 5) is 16.2. The first kappa shape index (κ1) is 13.5. The molecule has 0 aromatic carbocycles. The molecule has 0 bridgehead atoms. The van der Waals surface area contributed by atoms with Gasteiger partial charge in [-0.3, -0.25) is 4.79 Å². The zero-order chi connectivity index (χ0) is 12.3. The van der Waals surface area contributed by atoms with Gasteiger partial charge in [0, 0.05) is 19.1 Å². The average Bonchev–Trinajstić information content (AvgIpc) is 2.36. The van der Waals surface area contributed by atoms with Crippen molar-refractivity contribution in [2.45, 2.75) is 45.3 Å². The summed E-state index contributed by atoms with van der Waals surface area (Å²) in [5.41, 5.74) is -1.25. The lowest BCUT2D eigenvalue weighted by molar-refractivity contribution is -0.150. The third kappa shape index (κ3) is 3.19. The molecular weight excluding hydrogens is 204 g/mol. The van der Waals surface area contributed by atoms with Gasteiger partial charge >= 0.3 is 0 Å². The summed E-state index contributed by atoms with van der Waals surface area (Å²) in [5.74, 6) is -0.144. The molecule has 16 heavy (non-hydrogen) atoms. The highest BCUT2D eigenvalue weighted by Crippen LogP contribution is 2.17. The first-order chi connectivity index (χ1) is 7.36. The molecule has 0 aromatic heterocycles. The zero-order valence-electron chi connectivity index (χ0n) is 10.9. The number of carbonyl (C=O) groups is 1. The molecule has 1 atom stereocenters. The van der Waals surface area contributed by atoms with E-state index in [9.17, 15) is 9.90 Å². The Morgan fingerprint density at radius 3 is 2.56 bits per heavy atom. The highest BCUT2D eigenvalue weighted by Gasteiger charge is 2.34. The number of hydrogen-bond acceptors (Lipinski definition) is 3. The Balaban J connectivity index is 2.79. The minimum absolute atomic E-state index is 0.144.